The quantitative estimate of drug-likeness (QED) is 0.237. The number of alkyl carbamates (subject to hydrolysis) is 1. The average molecular weight is 603 g/mol. The Morgan fingerprint density at radius 3 is 2.19 bits per heavy atom. The monoisotopic (exact) mass is 602 g/mol. The number of carbonyl (C=O) groups is 3. The van der Waals surface area contributed by atoms with E-state index in [0.29, 0.717) is 28.5 Å². The summed E-state index contributed by atoms with van der Waals surface area (Å²) in [6, 6.07) is 13.1. The van der Waals surface area contributed by atoms with Gasteiger partial charge in [0.25, 0.3) is 5.91 Å². The summed E-state index contributed by atoms with van der Waals surface area (Å²) >= 11 is 0. The largest absolute Gasteiger partial charge is 0.462 e. The van der Waals surface area contributed by atoms with Crippen LogP contribution in [0, 0.1) is 5.92 Å². The number of ether oxygens (including phenoxy) is 3. The molecule has 0 heterocycles. The third-order valence-corrected chi connectivity index (χ3v) is 6.50. The van der Waals surface area contributed by atoms with E-state index in [1.54, 1.807) is 64.1 Å². The molecule has 0 aliphatic carbocycles. The molecule has 232 valence electrons. The van der Waals surface area contributed by atoms with E-state index in [0.717, 1.165) is 12.1 Å². The van der Waals surface area contributed by atoms with Gasteiger partial charge in [-0.15, -0.1) is 0 Å². The molecule has 2 N–H and O–H groups in total. The van der Waals surface area contributed by atoms with E-state index < -0.39 is 47.4 Å². The lowest BCUT2D eigenvalue weighted by Crippen LogP contribution is -2.48. The summed E-state index contributed by atoms with van der Waals surface area (Å²) in [4.78, 5) is 38.0. The van der Waals surface area contributed by atoms with Crippen LogP contribution < -0.4 is 15.4 Å². The number of hydrogen-bond donors (Lipinski definition) is 2. The lowest BCUT2D eigenvalue weighted by Gasteiger charge is -2.26. The molecule has 0 fully saturated rings. The standard InChI is InChI=1S/C32H37F3N2O6/c1-7-19(2)27(37-30(40)43-31(4,5)6)29(39)41-18-20(3)36-28(38)22-11-16-25-21(17-22)9-8-10-26(25)42-24-14-12-23(13-15-24)32(33,34)35/h8-17,19-20,27H,7,18H2,1-6H3,(H,36,38)(H,37,40)/t19-,20+,27-/m0/s1. The fourth-order valence-electron chi connectivity index (χ4n) is 4.07. The van der Waals surface area contributed by atoms with E-state index in [2.05, 4.69) is 10.6 Å². The van der Waals surface area contributed by atoms with Crippen LogP contribution in [0.1, 0.15) is 63.9 Å². The Kier molecular flexibility index (Phi) is 10.7. The van der Waals surface area contributed by atoms with Crippen molar-refractivity contribution in [2.45, 2.75) is 71.8 Å². The van der Waals surface area contributed by atoms with E-state index in [4.69, 9.17) is 14.2 Å². The molecule has 2 amide bonds. The maximum Gasteiger partial charge on any atom is 0.416 e. The van der Waals surface area contributed by atoms with E-state index in [1.807, 2.05) is 13.8 Å². The van der Waals surface area contributed by atoms with Gasteiger partial charge in [0.05, 0.1) is 11.6 Å². The number of carbonyl (C=O) groups excluding carboxylic acids is 3. The Morgan fingerprint density at radius 1 is 0.907 bits per heavy atom. The molecular formula is C32H37F3N2O6. The lowest BCUT2D eigenvalue weighted by atomic mass is 9.99. The first kappa shape index (κ1) is 33.2. The highest BCUT2D eigenvalue weighted by Gasteiger charge is 2.31. The van der Waals surface area contributed by atoms with Crippen LogP contribution in [0.4, 0.5) is 18.0 Å². The number of hydrogen-bond acceptors (Lipinski definition) is 6. The molecule has 43 heavy (non-hydrogen) atoms. The number of amides is 2. The van der Waals surface area contributed by atoms with Crippen molar-refractivity contribution in [2.75, 3.05) is 6.61 Å². The molecule has 3 aromatic rings. The van der Waals surface area contributed by atoms with Crippen LogP contribution in [-0.4, -0.2) is 42.3 Å². The molecule has 0 bridgehead atoms. The van der Waals surface area contributed by atoms with Gasteiger partial charge in [0.2, 0.25) is 0 Å². The predicted octanol–water partition coefficient (Wildman–Crippen LogP) is 7.25. The Labute approximate surface area is 248 Å². The molecule has 3 atom stereocenters. The molecule has 0 spiro atoms. The first-order chi connectivity index (χ1) is 20.1. The van der Waals surface area contributed by atoms with Crippen molar-refractivity contribution in [3.63, 3.8) is 0 Å². The number of rotatable bonds is 10. The number of nitrogens with one attached hydrogen (secondary N) is 2. The molecule has 0 unspecified atom stereocenters. The van der Waals surface area contributed by atoms with Gasteiger partial charge in [0.1, 0.15) is 29.7 Å². The summed E-state index contributed by atoms with van der Waals surface area (Å²) in [5.74, 6) is -0.587. The van der Waals surface area contributed by atoms with Gasteiger partial charge in [-0.3, -0.25) is 4.79 Å². The Hall–Kier alpha value is -4.28. The van der Waals surface area contributed by atoms with Crippen molar-refractivity contribution >= 4 is 28.7 Å². The highest BCUT2D eigenvalue weighted by Crippen LogP contribution is 2.33. The van der Waals surface area contributed by atoms with Crippen LogP contribution >= 0.6 is 0 Å². The molecule has 0 aliphatic heterocycles. The Bertz CT molecular complexity index is 1430. The molecule has 0 aromatic heterocycles. The number of fused-ring (bicyclic) bond motifs is 1. The van der Waals surface area contributed by atoms with E-state index >= 15 is 0 Å². The summed E-state index contributed by atoms with van der Waals surface area (Å²) in [5.41, 5.74) is -1.15. The molecule has 3 rings (SSSR count). The molecule has 0 aliphatic rings. The minimum atomic E-state index is -4.44. The molecule has 8 nitrogen and oxygen atoms in total. The molecule has 0 saturated carbocycles. The van der Waals surface area contributed by atoms with Crippen molar-refractivity contribution < 1.29 is 41.8 Å². The fraction of sp³-hybridized carbons (Fsp3) is 0.406. The van der Waals surface area contributed by atoms with Gasteiger partial charge >= 0.3 is 18.2 Å². The fourth-order valence-corrected chi connectivity index (χ4v) is 4.07. The number of esters is 1. The number of benzene rings is 3. The molecule has 0 saturated heterocycles. The van der Waals surface area contributed by atoms with Gasteiger partial charge in [-0.2, -0.15) is 13.2 Å². The number of alkyl halides is 3. The zero-order valence-electron chi connectivity index (χ0n) is 25.0. The minimum Gasteiger partial charge on any atom is -0.462 e. The van der Waals surface area contributed by atoms with Crippen molar-refractivity contribution in [1.82, 2.24) is 10.6 Å². The molecule has 3 aromatic carbocycles. The van der Waals surface area contributed by atoms with Gasteiger partial charge in [0.15, 0.2) is 0 Å². The zero-order chi connectivity index (χ0) is 31.9. The highest BCUT2D eigenvalue weighted by atomic mass is 19.4. The van der Waals surface area contributed by atoms with Gasteiger partial charge in [0, 0.05) is 10.9 Å². The van der Waals surface area contributed by atoms with Crippen LogP contribution in [0.3, 0.4) is 0 Å². The van der Waals surface area contributed by atoms with E-state index in [1.165, 1.54) is 12.1 Å². The SMILES string of the molecule is CC[C@H](C)[C@H](NC(=O)OC(C)(C)C)C(=O)OC[C@@H](C)NC(=O)c1ccc2c(Oc3ccc(C(F)(F)F)cc3)cccc2c1. The topological polar surface area (TPSA) is 103 Å². The van der Waals surface area contributed by atoms with E-state index in [-0.39, 0.29) is 18.3 Å². The third kappa shape index (κ3) is 9.62. The van der Waals surface area contributed by atoms with Crippen molar-refractivity contribution in [1.29, 1.82) is 0 Å². The van der Waals surface area contributed by atoms with E-state index in [9.17, 15) is 27.6 Å². The number of halogens is 3. The summed E-state index contributed by atoms with van der Waals surface area (Å²) < 4.78 is 55.1. The van der Waals surface area contributed by atoms with Crippen LogP contribution in [-0.2, 0) is 20.4 Å². The third-order valence-electron chi connectivity index (χ3n) is 6.50. The first-order valence-corrected chi connectivity index (χ1v) is 13.9. The van der Waals surface area contributed by atoms with Crippen molar-refractivity contribution in [3.05, 3.63) is 71.8 Å². The van der Waals surface area contributed by atoms with Crippen LogP contribution in [0.5, 0.6) is 11.5 Å². The summed E-state index contributed by atoms with van der Waals surface area (Å²) in [6.07, 6.45) is -4.55. The highest BCUT2D eigenvalue weighted by molar-refractivity contribution is 6.00. The Balaban J connectivity index is 1.62. The summed E-state index contributed by atoms with van der Waals surface area (Å²) in [5, 5.41) is 6.71. The summed E-state index contributed by atoms with van der Waals surface area (Å²) in [7, 11) is 0. The second-order valence-corrected chi connectivity index (χ2v) is 11.3. The normalized spacial score (nSPS) is 13.9. The van der Waals surface area contributed by atoms with Gasteiger partial charge in [-0.25, -0.2) is 9.59 Å². The molecular weight excluding hydrogens is 565 g/mol. The van der Waals surface area contributed by atoms with Crippen molar-refractivity contribution in [2.24, 2.45) is 5.92 Å². The maximum absolute atomic E-state index is 13.0. The lowest BCUT2D eigenvalue weighted by molar-refractivity contribution is -0.148. The predicted molar refractivity (Wildman–Crippen MR) is 156 cm³/mol. The molecule has 0 radical (unpaired) electrons. The first-order valence-electron chi connectivity index (χ1n) is 13.9. The second-order valence-electron chi connectivity index (χ2n) is 11.3. The average Bonchev–Trinajstić information content (AvgIpc) is 2.93. The van der Waals surface area contributed by atoms with Gasteiger partial charge < -0.3 is 24.8 Å². The van der Waals surface area contributed by atoms with Crippen LogP contribution in [0.2, 0.25) is 0 Å². The summed E-state index contributed by atoms with van der Waals surface area (Å²) in [6.45, 7) is 10.4. The van der Waals surface area contributed by atoms with Gasteiger partial charge in [-0.05, 0) is 87.5 Å². The smallest absolute Gasteiger partial charge is 0.416 e. The Morgan fingerprint density at radius 2 is 1.58 bits per heavy atom. The molecule has 11 heteroatoms. The zero-order valence-corrected chi connectivity index (χ0v) is 25.0. The van der Waals surface area contributed by atoms with Crippen LogP contribution in [0.15, 0.2) is 60.7 Å². The van der Waals surface area contributed by atoms with Crippen molar-refractivity contribution in [3.8, 4) is 11.5 Å². The van der Waals surface area contributed by atoms with Crippen LogP contribution in [0.25, 0.3) is 10.8 Å². The second kappa shape index (κ2) is 13.8. The van der Waals surface area contributed by atoms with Gasteiger partial charge in [-0.1, -0.05) is 32.4 Å². The minimum absolute atomic E-state index is 0.119. The maximum atomic E-state index is 13.0.